The average molecular weight is 190 g/mol. The van der Waals surface area contributed by atoms with E-state index in [9.17, 15) is 13.2 Å². The standard InChI is InChI=1S/C10H13F3/c1-4-8(5-2)7-9(6-3)10(11,12)13/h4,6-7H,1,5H2,2-3H3/b8-7+,9-6+. The zero-order valence-corrected chi connectivity index (χ0v) is 7.78. The molecule has 0 bridgehead atoms. The van der Waals surface area contributed by atoms with E-state index in [-0.39, 0.29) is 0 Å². The number of alkyl halides is 3. The fraction of sp³-hybridized carbons (Fsp3) is 0.400. The molecular weight excluding hydrogens is 177 g/mol. The highest BCUT2D eigenvalue weighted by Crippen LogP contribution is 2.27. The van der Waals surface area contributed by atoms with Crippen molar-refractivity contribution in [2.75, 3.05) is 0 Å². The molecule has 0 rings (SSSR count). The van der Waals surface area contributed by atoms with Gasteiger partial charge in [-0.2, -0.15) is 13.2 Å². The van der Waals surface area contributed by atoms with Crippen LogP contribution in [0.25, 0.3) is 0 Å². The Balaban J connectivity index is 4.84. The van der Waals surface area contributed by atoms with Gasteiger partial charge in [0.15, 0.2) is 0 Å². The van der Waals surface area contributed by atoms with Gasteiger partial charge in [-0.1, -0.05) is 25.7 Å². The Bertz CT molecular complexity index is 231. The quantitative estimate of drug-likeness (QED) is 0.589. The number of rotatable bonds is 3. The fourth-order valence-corrected chi connectivity index (χ4v) is 0.834. The van der Waals surface area contributed by atoms with Crippen LogP contribution < -0.4 is 0 Å². The van der Waals surface area contributed by atoms with Gasteiger partial charge >= 0.3 is 6.18 Å². The maximum atomic E-state index is 12.2. The molecule has 0 aliphatic heterocycles. The Hall–Kier alpha value is -0.990. The van der Waals surface area contributed by atoms with E-state index in [0.29, 0.717) is 12.0 Å². The van der Waals surface area contributed by atoms with Gasteiger partial charge in [0, 0.05) is 0 Å². The predicted octanol–water partition coefficient (Wildman–Crippen LogP) is 4.02. The highest BCUT2D eigenvalue weighted by molar-refractivity contribution is 5.31. The summed E-state index contributed by atoms with van der Waals surface area (Å²) in [6.07, 6.45) is -0.101. The van der Waals surface area contributed by atoms with Gasteiger partial charge in [-0.25, -0.2) is 0 Å². The van der Waals surface area contributed by atoms with Crippen LogP contribution in [0.3, 0.4) is 0 Å². The van der Waals surface area contributed by atoms with E-state index in [2.05, 4.69) is 6.58 Å². The summed E-state index contributed by atoms with van der Waals surface area (Å²) in [7, 11) is 0. The summed E-state index contributed by atoms with van der Waals surface area (Å²) >= 11 is 0. The van der Waals surface area contributed by atoms with Gasteiger partial charge in [0.2, 0.25) is 0 Å². The normalized spacial score (nSPS) is 14.5. The minimum atomic E-state index is -4.27. The van der Waals surface area contributed by atoms with Crippen molar-refractivity contribution in [3.63, 3.8) is 0 Å². The molecule has 0 radical (unpaired) electrons. The first-order chi connectivity index (χ1) is 5.95. The Labute approximate surface area is 76.5 Å². The first-order valence-corrected chi connectivity index (χ1v) is 4.02. The van der Waals surface area contributed by atoms with Gasteiger partial charge in [-0.05, 0) is 25.0 Å². The average Bonchev–Trinajstić information content (AvgIpc) is 2.04. The Kier molecular flexibility index (Phi) is 4.52. The first kappa shape index (κ1) is 12.0. The van der Waals surface area contributed by atoms with Crippen LogP contribution in [-0.4, -0.2) is 6.18 Å². The molecule has 0 aromatic heterocycles. The molecule has 0 aliphatic rings. The van der Waals surface area contributed by atoms with Crippen LogP contribution in [0.4, 0.5) is 13.2 Å². The van der Waals surface area contributed by atoms with E-state index in [4.69, 9.17) is 0 Å². The molecule has 0 saturated carbocycles. The summed E-state index contributed by atoms with van der Waals surface area (Å²) in [5.41, 5.74) is -0.0327. The summed E-state index contributed by atoms with van der Waals surface area (Å²) in [4.78, 5) is 0. The molecule has 0 spiro atoms. The van der Waals surface area contributed by atoms with Gasteiger partial charge in [-0.15, -0.1) is 0 Å². The van der Waals surface area contributed by atoms with Crippen molar-refractivity contribution in [1.29, 1.82) is 0 Å². The third-order valence-corrected chi connectivity index (χ3v) is 1.65. The van der Waals surface area contributed by atoms with E-state index in [1.165, 1.54) is 13.0 Å². The van der Waals surface area contributed by atoms with E-state index in [1.54, 1.807) is 6.92 Å². The van der Waals surface area contributed by atoms with Crippen LogP contribution in [0.2, 0.25) is 0 Å². The smallest absolute Gasteiger partial charge is 0.166 e. The molecule has 0 heterocycles. The van der Waals surface area contributed by atoms with Gasteiger partial charge in [0.25, 0.3) is 0 Å². The second-order valence-corrected chi connectivity index (χ2v) is 2.52. The van der Waals surface area contributed by atoms with Crippen molar-refractivity contribution in [3.05, 3.63) is 36.0 Å². The zero-order valence-electron chi connectivity index (χ0n) is 7.78. The van der Waals surface area contributed by atoms with Gasteiger partial charge in [-0.3, -0.25) is 0 Å². The molecule has 0 N–H and O–H groups in total. The van der Waals surface area contributed by atoms with Crippen LogP contribution in [0.5, 0.6) is 0 Å². The Morgan fingerprint density at radius 3 is 2.15 bits per heavy atom. The monoisotopic (exact) mass is 190 g/mol. The Morgan fingerprint density at radius 2 is 1.92 bits per heavy atom. The molecule has 0 unspecified atom stereocenters. The lowest BCUT2D eigenvalue weighted by Crippen LogP contribution is -2.10. The number of hydrogen-bond acceptors (Lipinski definition) is 0. The van der Waals surface area contributed by atoms with Crippen LogP contribution in [-0.2, 0) is 0 Å². The summed E-state index contributed by atoms with van der Waals surface area (Å²) in [5.74, 6) is 0. The van der Waals surface area contributed by atoms with Crippen molar-refractivity contribution < 1.29 is 13.2 Å². The predicted molar refractivity (Wildman–Crippen MR) is 48.4 cm³/mol. The molecular formula is C10H13F3. The molecule has 0 atom stereocenters. The summed E-state index contributed by atoms with van der Waals surface area (Å²) < 4.78 is 36.6. The molecule has 0 aliphatic carbocycles. The molecule has 3 heteroatoms. The van der Waals surface area contributed by atoms with Gasteiger partial charge < -0.3 is 0 Å². The minimum Gasteiger partial charge on any atom is -0.166 e. The van der Waals surface area contributed by atoms with Gasteiger partial charge in [0.05, 0.1) is 5.57 Å². The van der Waals surface area contributed by atoms with E-state index < -0.39 is 11.7 Å². The highest BCUT2D eigenvalue weighted by Gasteiger charge is 2.31. The lowest BCUT2D eigenvalue weighted by molar-refractivity contribution is -0.0883. The molecule has 0 nitrogen and oxygen atoms in total. The maximum Gasteiger partial charge on any atom is 0.416 e. The van der Waals surface area contributed by atoms with Crippen molar-refractivity contribution in [2.45, 2.75) is 26.4 Å². The zero-order chi connectivity index (χ0) is 10.5. The summed E-state index contributed by atoms with van der Waals surface area (Å²) in [5, 5.41) is 0. The lowest BCUT2D eigenvalue weighted by Gasteiger charge is -2.07. The minimum absolute atomic E-state index is 0.552. The largest absolute Gasteiger partial charge is 0.416 e. The van der Waals surface area contributed by atoms with Crippen LogP contribution >= 0.6 is 0 Å². The van der Waals surface area contributed by atoms with E-state index in [0.717, 1.165) is 12.2 Å². The van der Waals surface area contributed by atoms with Crippen LogP contribution in [0, 0.1) is 0 Å². The topological polar surface area (TPSA) is 0 Å². The molecule has 0 fully saturated rings. The highest BCUT2D eigenvalue weighted by atomic mass is 19.4. The summed E-state index contributed by atoms with van der Waals surface area (Å²) in [6, 6.07) is 0. The number of halogens is 3. The number of hydrogen-bond donors (Lipinski definition) is 0. The Morgan fingerprint density at radius 1 is 1.38 bits per heavy atom. The molecule has 0 amide bonds. The van der Waals surface area contributed by atoms with Crippen molar-refractivity contribution in [2.24, 2.45) is 0 Å². The third-order valence-electron chi connectivity index (χ3n) is 1.65. The van der Waals surface area contributed by atoms with Crippen LogP contribution in [0.15, 0.2) is 36.0 Å². The number of allylic oxidation sites excluding steroid dienone is 5. The second-order valence-electron chi connectivity index (χ2n) is 2.52. The van der Waals surface area contributed by atoms with Crippen molar-refractivity contribution in [3.8, 4) is 0 Å². The van der Waals surface area contributed by atoms with E-state index in [1.807, 2.05) is 0 Å². The molecule has 0 aromatic rings. The van der Waals surface area contributed by atoms with Crippen molar-refractivity contribution in [1.82, 2.24) is 0 Å². The first-order valence-electron chi connectivity index (χ1n) is 4.02. The fourth-order valence-electron chi connectivity index (χ4n) is 0.834. The maximum absolute atomic E-state index is 12.2. The molecule has 0 saturated heterocycles. The third kappa shape index (κ3) is 3.97. The lowest BCUT2D eigenvalue weighted by atomic mass is 10.1. The summed E-state index contributed by atoms with van der Waals surface area (Å²) in [6.45, 7) is 6.60. The van der Waals surface area contributed by atoms with Crippen molar-refractivity contribution >= 4 is 0 Å². The molecule has 13 heavy (non-hydrogen) atoms. The molecule has 74 valence electrons. The SMILES string of the molecule is C=C/C(=C\C(=C/C)C(F)(F)F)CC. The second kappa shape index (κ2) is 4.90. The van der Waals surface area contributed by atoms with Gasteiger partial charge in [0.1, 0.15) is 0 Å². The van der Waals surface area contributed by atoms with Crippen LogP contribution in [0.1, 0.15) is 20.3 Å². The molecule has 0 aromatic carbocycles. The van der Waals surface area contributed by atoms with E-state index >= 15 is 0 Å².